The SMILES string of the molecule is COCCNc1nnc(-c2cccc(N(C)C)c2)o1. The first kappa shape index (κ1) is 13.4. The highest BCUT2D eigenvalue weighted by atomic mass is 16.5. The van der Waals surface area contributed by atoms with Crippen molar-refractivity contribution >= 4 is 11.7 Å². The molecule has 0 fully saturated rings. The van der Waals surface area contributed by atoms with Gasteiger partial charge < -0.3 is 19.4 Å². The van der Waals surface area contributed by atoms with Crippen LogP contribution in [0.1, 0.15) is 0 Å². The van der Waals surface area contributed by atoms with Crippen molar-refractivity contribution in [3.63, 3.8) is 0 Å². The van der Waals surface area contributed by atoms with E-state index in [1.54, 1.807) is 7.11 Å². The third-order valence-corrected chi connectivity index (χ3v) is 2.62. The fraction of sp³-hybridized carbons (Fsp3) is 0.385. The van der Waals surface area contributed by atoms with Gasteiger partial charge in [-0.1, -0.05) is 11.2 Å². The normalized spacial score (nSPS) is 10.5. The molecular weight excluding hydrogens is 244 g/mol. The molecule has 0 atom stereocenters. The molecule has 2 aromatic rings. The Hall–Kier alpha value is -2.08. The Labute approximate surface area is 112 Å². The van der Waals surface area contributed by atoms with Crippen LogP contribution in [0.2, 0.25) is 0 Å². The summed E-state index contributed by atoms with van der Waals surface area (Å²) in [6.45, 7) is 1.23. The molecule has 102 valence electrons. The Kier molecular flexibility index (Phi) is 4.35. The van der Waals surface area contributed by atoms with E-state index >= 15 is 0 Å². The summed E-state index contributed by atoms with van der Waals surface area (Å²) in [5, 5.41) is 11.0. The molecule has 0 bridgehead atoms. The maximum Gasteiger partial charge on any atom is 0.315 e. The van der Waals surface area contributed by atoms with Crippen LogP contribution in [0.3, 0.4) is 0 Å². The van der Waals surface area contributed by atoms with Crippen LogP contribution < -0.4 is 10.2 Å². The molecule has 0 radical (unpaired) electrons. The molecule has 0 amide bonds. The highest BCUT2D eigenvalue weighted by molar-refractivity contribution is 5.61. The Balaban J connectivity index is 2.11. The Morgan fingerprint density at radius 2 is 2.16 bits per heavy atom. The van der Waals surface area contributed by atoms with Gasteiger partial charge in [-0.15, -0.1) is 5.10 Å². The zero-order valence-electron chi connectivity index (χ0n) is 11.4. The summed E-state index contributed by atoms with van der Waals surface area (Å²) in [6, 6.07) is 8.35. The van der Waals surface area contributed by atoms with E-state index < -0.39 is 0 Å². The van der Waals surface area contributed by atoms with E-state index in [0.29, 0.717) is 25.1 Å². The zero-order valence-corrected chi connectivity index (χ0v) is 11.4. The molecule has 2 rings (SSSR count). The number of methoxy groups -OCH3 is 1. The van der Waals surface area contributed by atoms with Crippen molar-refractivity contribution < 1.29 is 9.15 Å². The minimum Gasteiger partial charge on any atom is -0.403 e. The first-order valence-corrected chi connectivity index (χ1v) is 6.05. The van der Waals surface area contributed by atoms with Gasteiger partial charge in [0.15, 0.2) is 0 Å². The maximum atomic E-state index is 5.54. The van der Waals surface area contributed by atoms with E-state index in [2.05, 4.69) is 15.5 Å². The average Bonchev–Trinajstić information content (AvgIpc) is 2.88. The van der Waals surface area contributed by atoms with Crippen LogP contribution in [-0.2, 0) is 4.74 Å². The minimum atomic E-state index is 0.405. The van der Waals surface area contributed by atoms with Crippen molar-refractivity contribution in [1.82, 2.24) is 10.2 Å². The molecule has 1 heterocycles. The van der Waals surface area contributed by atoms with Crippen molar-refractivity contribution in [2.45, 2.75) is 0 Å². The first-order chi connectivity index (χ1) is 9.20. The quantitative estimate of drug-likeness (QED) is 0.802. The standard InChI is InChI=1S/C13H18N4O2/c1-17(2)11-6-4-5-10(9-11)12-15-16-13(19-12)14-7-8-18-3/h4-6,9H,7-8H2,1-3H3,(H,14,16). The predicted octanol–water partition coefficient (Wildman–Crippen LogP) is 1.86. The number of rotatable bonds is 6. The van der Waals surface area contributed by atoms with Crippen LogP contribution in [0, 0.1) is 0 Å². The second kappa shape index (κ2) is 6.19. The molecule has 0 aliphatic rings. The van der Waals surface area contributed by atoms with Crippen LogP contribution in [0.15, 0.2) is 28.7 Å². The van der Waals surface area contributed by atoms with Gasteiger partial charge in [0.2, 0.25) is 5.89 Å². The lowest BCUT2D eigenvalue weighted by Gasteiger charge is -2.12. The van der Waals surface area contributed by atoms with Crippen LogP contribution in [0.4, 0.5) is 11.7 Å². The molecule has 6 heteroatoms. The number of nitrogens with one attached hydrogen (secondary N) is 1. The molecule has 0 saturated carbocycles. The van der Waals surface area contributed by atoms with E-state index in [0.717, 1.165) is 11.3 Å². The van der Waals surface area contributed by atoms with Crippen LogP contribution in [0.25, 0.3) is 11.5 Å². The Bertz CT molecular complexity index is 525. The number of hydrogen-bond donors (Lipinski definition) is 1. The minimum absolute atomic E-state index is 0.405. The van der Waals surface area contributed by atoms with E-state index in [-0.39, 0.29) is 0 Å². The smallest absolute Gasteiger partial charge is 0.315 e. The predicted molar refractivity (Wildman–Crippen MR) is 74.4 cm³/mol. The maximum absolute atomic E-state index is 5.54. The zero-order chi connectivity index (χ0) is 13.7. The molecular formula is C13H18N4O2. The van der Waals surface area contributed by atoms with Gasteiger partial charge >= 0.3 is 6.01 Å². The fourth-order valence-corrected chi connectivity index (χ4v) is 1.59. The van der Waals surface area contributed by atoms with Gasteiger partial charge in [-0.3, -0.25) is 0 Å². The van der Waals surface area contributed by atoms with Gasteiger partial charge in [0, 0.05) is 39.0 Å². The number of nitrogens with zero attached hydrogens (tertiary/aromatic N) is 3. The summed E-state index contributed by atoms with van der Waals surface area (Å²) in [6.07, 6.45) is 0. The molecule has 0 unspecified atom stereocenters. The summed E-state index contributed by atoms with van der Waals surface area (Å²) in [7, 11) is 5.63. The fourth-order valence-electron chi connectivity index (χ4n) is 1.59. The summed E-state index contributed by atoms with van der Waals surface area (Å²) in [5.41, 5.74) is 1.99. The summed E-state index contributed by atoms with van der Waals surface area (Å²) in [4.78, 5) is 2.03. The lowest BCUT2D eigenvalue weighted by molar-refractivity contribution is 0.210. The largest absolute Gasteiger partial charge is 0.403 e. The second-order valence-electron chi connectivity index (χ2n) is 4.28. The molecule has 1 N–H and O–H groups in total. The third-order valence-electron chi connectivity index (χ3n) is 2.62. The van der Waals surface area contributed by atoms with Crippen molar-refractivity contribution in [2.24, 2.45) is 0 Å². The third kappa shape index (κ3) is 3.45. The molecule has 1 aromatic heterocycles. The van der Waals surface area contributed by atoms with Gasteiger partial charge in [-0.2, -0.15) is 0 Å². The Morgan fingerprint density at radius 3 is 2.89 bits per heavy atom. The van der Waals surface area contributed by atoms with E-state index in [9.17, 15) is 0 Å². The highest BCUT2D eigenvalue weighted by Crippen LogP contribution is 2.23. The Morgan fingerprint density at radius 1 is 1.32 bits per heavy atom. The molecule has 0 aliphatic carbocycles. The lowest BCUT2D eigenvalue weighted by Crippen LogP contribution is -2.08. The number of ether oxygens (including phenoxy) is 1. The molecule has 0 spiro atoms. The average molecular weight is 262 g/mol. The molecule has 0 saturated heterocycles. The highest BCUT2D eigenvalue weighted by Gasteiger charge is 2.09. The van der Waals surface area contributed by atoms with Crippen molar-refractivity contribution in [3.8, 4) is 11.5 Å². The van der Waals surface area contributed by atoms with E-state index in [4.69, 9.17) is 9.15 Å². The molecule has 1 aromatic carbocycles. The van der Waals surface area contributed by atoms with Gasteiger partial charge in [0.25, 0.3) is 0 Å². The monoisotopic (exact) mass is 262 g/mol. The molecule has 19 heavy (non-hydrogen) atoms. The van der Waals surface area contributed by atoms with E-state index in [1.165, 1.54) is 0 Å². The van der Waals surface area contributed by atoms with Gasteiger partial charge in [0.1, 0.15) is 0 Å². The van der Waals surface area contributed by atoms with Crippen LogP contribution in [-0.4, -0.2) is 44.6 Å². The number of aromatic nitrogens is 2. The van der Waals surface area contributed by atoms with Gasteiger partial charge in [-0.25, -0.2) is 0 Å². The topological polar surface area (TPSA) is 63.4 Å². The van der Waals surface area contributed by atoms with Crippen LogP contribution in [0.5, 0.6) is 0 Å². The lowest BCUT2D eigenvalue weighted by atomic mass is 10.2. The molecule has 0 aliphatic heterocycles. The molecule has 6 nitrogen and oxygen atoms in total. The summed E-state index contributed by atoms with van der Waals surface area (Å²) >= 11 is 0. The summed E-state index contributed by atoms with van der Waals surface area (Å²) in [5.74, 6) is 0.503. The van der Waals surface area contributed by atoms with Gasteiger partial charge in [-0.05, 0) is 18.2 Å². The number of anilines is 2. The second-order valence-corrected chi connectivity index (χ2v) is 4.28. The number of benzene rings is 1. The van der Waals surface area contributed by atoms with Crippen molar-refractivity contribution in [3.05, 3.63) is 24.3 Å². The van der Waals surface area contributed by atoms with Crippen molar-refractivity contribution in [1.29, 1.82) is 0 Å². The van der Waals surface area contributed by atoms with Gasteiger partial charge in [0.05, 0.1) is 6.61 Å². The number of hydrogen-bond acceptors (Lipinski definition) is 6. The first-order valence-electron chi connectivity index (χ1n) is 6.05. The van der Waals surface area contributed by atoms with Crippen molar-refractivity contribution in [2.75, 3.05) is 44.6 Å². The van der Waals surface area contributed by atoms with Crippen LogP contribution >= 0.6 is 0 Å². The van der Waals surface area contributed by atoms with E-state index in [1.807, 2.05) is 43.3 Å². The summed E-state index contributed by atoms with van der Waals surface area (Å²) < 4.78 is 10.5.